The highest BCUT2D eigenvalue weighted by molar-refractivity contribution is 7.47. The molecule has 0 aliphatic heterocycles. The maximum atomic E-state index is 12.9. The molecule has 0 aromatic carbocycles. The Labute approximate surface area is 467 Å². The van der Waals surface area contributed by atoms with Gasteiger partial charge in [0.15, 0.2) is 12.2 Å². The molecule has 5 atom stereocenters. The van der Waals surface area contributed by atoms with Crippen LogP contribution in [0.3, 0.4) is 0 Å². The van der Waals surface area contributed by atoms with Crippen molar-refractivity contribution in [1.82, 2.24) is 0 Å². The van der Waals surface area contributed by atoms with Crippen LogP contribution in [0.4, 0.5) is 0 Å². The van der Waals surface area contributed by atoms with Crippen LogP contribution in [0.1, 0.15) is 291 Å². The largest absolute Gasteiger partial charge is 0.472 e. The van der Waals surface area contributed by atoms with E-state index in [0.717, 1.165) is 96.3 Å². The van der Waals surface area contributed by atoms with Crippen molar-refractivity contribution in [3.63, 3.8) is 0 Å². The number of hydrogen-bond donors (Lipinski definition) is 3. The van der Waals surface area contributed by atoms with E-state index < -0.39 is 97.5 Å². The van der Waals surface area contributed by atoms with E-state index in [2.05, 4.69) is 27.7 Å². The Kier molecular flexibility index (Phi) is 52.0. The molecular formula is C58H112O17P2. The first-order valence-electron chi connectivity index (χ1n) is 30.8. The summed E-state index contributed by atoms with van der Waals surface area (Å²) in [5.41, 5.74) is 0. The first-order chi connectivity index (χ1) is 37.2. The Hall–Kier alpha value is -1.94. The van der Waals surface area contributed by atoms with Gasteiger partial charge in [-0.1, -0.05) is 240 Å². The van der Waals surface area contributed by atoms with E-state index in [1.165, 1.54) is 116 Å². The predicted octanol–water partition coefficient (Wildman–Crippen LogP) is 15.6. The van der Waals surface area contributed by atoms with Crippen molar-refractivity contribution in [2.45, 2.75) is 309 Å². The minimum atomic E-state index is -4.93. The summed E-state index contributed by atoms with van der Waals surface area (Å²) >= 11 is 0. The first-order valence-corrected chi connectivity index (χ1v) is 33.8. The lowest BCUT2D eigenvalue weighted by Crippen LogP contribution is -2.30. The molecule has 0 saturated carbocycles. The van der Waals surface area contributed by atoms with Gasteiger partial charge in [0.2, 0.25) is 0 Å². The third-order valence-electron chi connectivity index (χ3n) is 13.4. The first kappa shape index (κ1) is 75.1. The molecule has 0 aromatic rings. The van der Waals surface area contributed by atoms with Crippen LogP contribution in [-0.2, 0) is 65.4 Å². The van der Waals surface area contributed by atoms with Crippen molar-refractivity contribution in [1.29, 1.82) is 0 Å². The van der Waals surface area contributed by atoms with Gasteiger partial charge in [-0.15, -0.1) is 0 Å². The Bertz CT molecular complexity index is 1500. The zero-order chi connectivity index (χ0) is 56.9. The third kappa shape index (κ3) is 53.2. The minimum Gasteiger partial charge on any atom is -0.462 e. The molecule has 456 valence electrons. The van der Waals surface area contributed by atoms with Crippen LogP contribution in [0.2, 0.25) is 0 Å². The predicted molar refractivity (Wildman–Crippen MR) is 303 cm³/mol. The fourth-order valence-corrected chi connectivity index (χ4v) is 10.2. The summed E-state index contributed by atoms with van der Waals surface area (Å²) in [6, 6.07) is 0. The highest BCUT2D eigenvalue weighted by Crippen LogP contribution is 2.45. The van der Waals surface area contributed by atoms with Crippen LogP contribution in [0.15, 0.2) is 0 Å². The minimum absolute atomic E-state index is 0.106. The molecule has 0 aliphatic rings. The van der Waals surface area contributed by atoms with Crippen molar-refractivity contribution in [2.24, 2.45) is 0 Å². The summed E-state index contributed by atoms with van der Waals surface area (Å²) in [6.07, 6.45) is 36.2. The lowest BCUT2D eigenvalue weighted by atomic mass is 10.1. The second-order valence-corrected chi connectivity index (χ2v) is 23.9. The Morgan fingerprint density at radius 2 is 0.519 bits per heavy atom. The molecule has 3 N–H and O–H groups in total. The quantitative estimate of drug-likeness (QED) is 0.0222. The van der Waals surface area contributed by atoms with Crippen molar-refractivity contribution in [3.05, 3.63) is 0 Å². The summed E-state index contributed by atoms with van der Waals surface area (Å²) in [5, 5.41) is 10.5. The number of unbranched alkanes of at least 4 members (excludes halogenated alkanes) is 33. The van der Waals surface area contributed by atoms with Gasteiger partial charge in [0.1, 0.15) is 19.3 Å². The molecule has 0 spiro atoms. The monoisotopic (exact) mass is 1140 g/mol. The average Bonchev–Trinajstić information content (AvgIpc) is 3.40. The normalized spacial score (nSPS) is 14.3. The number of aliphatic hydroxyl groups is 1. The number of hydrogen-bond acceptors (Lipinski definition) is 15. The molecule has 17 nitrogen and oxygen atoms in total. The summed E-state index contributed by atoms with van der Waals surface area (Å²) in [6.45, 7) is 4.79. The summed E-state index contributed by atoms with van der Waals surface area (Å²) < 4.78 is 67.6. The van der Waals surface area contributed by atoms with Crippen molar-refractivity contribution in [2.75, 3.05) is 39.6 Å². The van der Waals surface area contributed by atoms with Crippen LogP contribution in [-0.4, -0.2) is 96.7 Å². The van der Waals surface area contributed by atoms with E-state index in [1.807, 2.05) is 0 Å². The van der Waals surface area contributed by atoms with Gasteiger partial charge in [0.05, 0.1) is 26.4 Å². The van der Waals surface area contributed by atoms with E-state index in [1.54, 1.807) is 0 Å². The maximum Gasteiger partial charge on any atom is 0.472 e. The maximum absolute atomic E-state index is 12.9. The van der Waals surface area contributed by atoms with Gasteiger partial charge < -0.3 is 33.8 Å². The summed E-state index contributed by atoms with van der Waals surface area (Å²) in [5.74, 6) is -2.14. The van der Waals surface area contributed by atoms with Crippen LogP contribution < -0.4 is 0 Å². The van der Waals surface area contributed by atoms with E-state index in [4.69, 9.17) is 37.0 Å². The lowest BCUT2D eigenvalue weighted by Gasteiger charge is -2.21. The molecule has 0 radical (unpaired) electrons. The van der Waals surface area contributed by atoms with E-state index in [0.29, 0.717) is 25.7 Å². The molecule has 0 rings (SSSR count). The molecule has 0 bridgehead atoms. The molecule has 0 aromatic heterocycles. The van der Waals surface area contributed by atoms with Crippen molar-refractivity contribution in [3.8, 4) is 0 Å². The van der Waals surface area contributed by atoms with Crippen LogP contribution in [0.25, 0.3) is 0 Å². The van der Waals surface area contributed by atoms with Gasteiger partial charge in [-0.2, -0.15) is 0 Å². The standard InChI is InChI=1S/C58H112O17P2/c1-5-9-13-17-21-25-26-29-33-37-41-45-58(63)75-54(49-69-56(61)43-39-35-31-27-22-18-14-10-6-2)51-73-77(66,67)71-47-52(59)46-70-76(64,65)72-50-53(48-68-55(60)42-38-34-30-24-20-16-12-8-4)74-57(62)44-40-36-32-28-23-19-15-11-7-3/h52-54,59H,5-51H2,1-4H3,(H,64,65)(H,66,67)/t52-,53+,54+/m0/s1. The van der Waals surface area contributed by atoms with Gasteiger partial charge in [0.25, 0.3) is 0 Å². The Balaban J connectivity index is 5.21. The number of ether oxygens (including phenoxy) is 4. The van der Waals surface area contributed by atoms with Gasteiger partial charge in [-0.3, -0.25) is 37.3 Å². The van der Waals surface area contributed by atoms with E-state index in [9.17, 15) is 43.2 Å². The SMILES string of the molecule is CCCCCCCCCCCCCC(=O)O[C@H](COC(=O)CCCCCCCCCCC)COP(=O)(O)OC[C@@H](O)COP(=O)(O)OC[C@@H](COC(=O)CCCCCCCCCC)OC(=O)CCCCCCCCCCC. The highest BCUT2D eigenvalue weighted by Gasteiger charge is 2.30. The number of phosphoric acid groups is 2. The fraction of sp³-hybridized carbons (Fsp3) is 0.931. The number of esters is 4. The van der Waals surface area contributed by atoms with Crippen molar-refractivity contribution < 1.29 is 80.2 Å². The average molecular weight is 1140 g/mol. The number of phosphoric ester groups is 2. The second kappa shape index (κ2) is 53.4. The molecule has 77 heavy (non-hydrogen) atoms. The number of carbonyl (C=O) groups excluding carboxylic acids is 4. The van der Waals surface area contributed by atoms with Crippen molar-refractivity contribution >= 4 is 39.5 Å². The summed E-state index contributed by atoms with van der Waals surface area (Å²) in [7, 11) is -9.86. The molecular weight excluding hydrogens is 1030 g/mol. The van der Waals surface area contributed by atoms with E-state index >= 15 is 0 Å². The Morgan fingerprint density at radius 3 is 0.766 bits per heavy atom. The lowest BCUT2D eigenvalue weighted by molar-refractivity contribution is -0.161. The second-order valence-electron chi connectivity index (χ2n) is 21.0. The molecule has 2 unspecified atom stereocenters. The number of rotatable bonds is 59. The van der Waals surface area contributed by atoms with Crippen LogP contribution >= 0.6 is 15.6 Å². The van der Waals surface area contributed by atoms with Gasteiger partial charge in [-0.05, 0) is 25.7 Å². The summed E-state index contributed by atoms with van der Waals surface area (Å²) in [4.78, 5) is 71.7. The highest BCUT2D eigenvalue weighted by atomic mass is 31.2. The van der Waals surface area contributed by atoms with E-state index in [-0.39, 0.29) is 25.7 Å². The molecule has 0 aliphatic carbocycles. The zero-order valence-electron chi connectivity index (χ0n) is 48.9. The molecule has 19 heteroatoms. The molecule has 0 heterocycles. The molecule has 0 fully saturated rings. The number of carbonyl (C=O) groups is 4. The van der Waals surface area contributed by atoms with Gasteiger partial charge in [-0.25, -0.2) is 9.13 Å². The smallest absolute Gasteiger partial charge is 0.462 e. The van der Waals surface area contributed by atoms with Crippen LogP contribution in [0, 0.1) is 0 Å². The topological polar surface area (TPSA) is 237 Å². The van der Waals surface area contributed by atoms with Gasteiger partial charge >= 0.3 is 39.5 Å². The van der Waals surface area contributed by atoms with Crippen LogP contribution in [0.5, 0.6) is 0 Å². The zero-order valence-corrected chi connectivity index (χ0v) is 50.7. The molecule has 0 amide bonds. The van der Waals surface area contributed by atoms with Gasteiger partial charge in [0, 0.05) is 25.7 Å². The molecule has 0 saturated heterocycles. The Morgan fingerprint density at radius 1 is 0.312 bits per heavy atom. The third-order valence-corrected chi connectivity index (χ3v) is 15.3. The fourth-order valence-electron chi connectivity index (χ4n) is 8.57. The number of aliphatic hydroxyl groups excluding tert-OH is 1.